The fraction of sp³-hybridized carbons (Fsp3) is 0.120. The monoisotopic (exact) mass is 579 g/mol. The summed E-state index contributed by atoms with van der Waals surface area (Å²) in [6, 6.07) is 15.9. The highest BCUT2D eigenvalue weighted by molar-refractivity contribution is 9.10. The Hall–Kier alpha value is -2.51. The summed E-state index contributed by atoms with van der Waals surface area (Å²) in [5.41, 5.74) is 2.20. The topological polar surface area (TPSA) is 57.1 Å². The number of benzene rings is 3. The molecule has 9 heteroatoms. The van der Waals surface area contributed by atoms with Crippen LogP contribution in [0.1, 0.15) is 23.6 Å². The van der Waals surface area contributed by atoms with Crippen LogP contribution in [0.2, 0.25) is 15.1 Å². The van der Waals surface area contributed by atoms with E-state index in [1.54, 1.807) is 42.5 Å². The van der Waals surface area contributed by atoms with E-state index in [0.29, 0.717) is 55.4 Å². The fourth-order valence-corrected chi connectivity index (χ4v) is 4.48. The first-order valence-electron chi connectivity index (χ1n) is 10.2. The highest BCUT2D eigenvalue weighted by Gasteiger charge is 2.26. The molecule has 34 heavy (non-hydrogen) atoms. The van der Waals surface area contributed by atoms with Crippen LogP contribution in [0.4, 0.5) is 0 Å². The van der Waals surface area contributed by atoms with Crippen LogP contribution < -0.4 is 9.47 Å². The number of aliphatic imine (C=N–C) groups is 1. The minimum Gasteiger partial charge on any atom is -0.490 e. The average Bonchev–Trinajstić information content (AvgIpc) is 3.13. The highest BCUT2D eigenvalue weighted by Crippen LogP contribution is 2.38. The molecule has 0 atom stereocenters. The summed E-state index contributed by atoms with van der Waals surface area (Å²) in [4.78, 5) is 16.8. The largest absolute Gasteiger partial charge is 0.490 e. The molecule has 0 aromatic heterocycles. The van der Waals surface area contributed by atoms with Crippen molar-refractivity contribution in [1.82, 2.24) is 0 Å². The Bertz CT molecular complexity index is 1320. The Labute approximate surface area is 220 Å². The molecule has 0 fully saturated rings. The molecule has 0 saturated carbocycles. The molecule has 1 heterocycles. The van der Waals surface area contributed by atoms with E-state index in [9.17, 15) is 4.79 Å². The summed E-state index contributed by atoms with van der Waals surface area (Å²) in [5, 5.41) is 1.44. The lowest BCUT2D eigenvalue weighted by atomic mass is 10.1. The summed E-state index contributed by atoms with van der Waals surface area (Å²) < 4.78 is 17.8. The maximum Gasteiger partial charge on any atom is 0.363 e. The van der Waals surface area contributed by atoms with Crippen LogP contribution in [-0.4, -0.2) is 18.5 Å². The number of esters is 1. The standard InChI is InChI=1S/C25H17BrCl3NO4/c1-2-32-22-11-15(9-19(26)23(22)33-13-14-4-3-5-16(27)8-14)10-21-25(31)34-24(30-21)18-7-6-17(28)12-20(18)29/h3-12H,2,13H2,1H3/b21-10-. The zero-order valence-corrected chi connectivity index (χ0v) is 21.6. The molecule has 3 aromatic rings. The van der Waals surface area contributed by atoms with E-state index in [1.807, 2.05) is 25.1 Å². The van der Waals surface area contributed by atoms with Crippen molar-refractivity contribution in [3.05, 3.63) is 96.5 Å². The maximum atomic E-state index is 12.4. The Morgan fingerprint density at radius 1 is 1.03 bits per heavy atom. The Balaban J connectivity index is 1.62. The Kier molecular flexibility index (Phi) is 7.84. The first-order chi connectivity index (χ1) is 16.3. The summed E-state index contributed by atoms with van der Waals surface area (Å²) >= 11 is 21.8. The Morgan fingerprint density at radius 2 is 1.82 bits per heavy atom. The summed E-state index contributed by atoms with van der Waals surface area (Å²) in [7, 11) is 0. The van der Waals surface area contributed by atoms with E-state index < -0.39 is 5.97 Å². The smallest absolute Gasteiger partial charge is 0.363 e. The normalized spacial score (nSPS) is 14.2. The zero-order valence-electron chi connectivity index (χ0n) is 17.8. The molecule has 0 unspecified atom stereocenters. The van der Waals surface area contributed by atoms with Crippen molar-refractivity contribution in [3.8, 4) is 11.5 Å². The van der Waals surface area contributed by atoms with Crippen molar-refractivity contribution in [2.24, 2.45) is 4.99 Å². The lowest BCUT2D eigenvalue weighted by molar-refractivity contribution is -0.129. The lowest BCUT2D eigenvalue weighted by Gasteiger charge is -2.15. The second kappa shape index (κ2) is 10.8. The van der Waals surface area contributed by atoms with Gasteiger partial charge in [-0.1, -0.05) is 46.9 Å². The molecule has 0 radical (unpaired) electrons. The fourth-order valence-electron chi connectivity index (χ4n) is 3.20. The molecular formula is C25H17BrCl3NO4. The van der Waals surface area contributed by atoms with Gasteiger partial charge in [-0.2, -0.15) is 0 Å². The molecule has 4 rings (SSSR count). The minimum absolute atomic E-state index is 0.114. The molecular weight excluding hydrogens is 565 g/mol. The van der Waals surface area contributed by atoms with Gasteiger partial charge in [-0.3, -0.25) is 0 Å². The molecule has 174 valence electrons. The van der Waals surface area contributed by atoms with Crippen molar-refractivity contribution in [3.63, 3.8) is 0 Å². The number of ether oxygens (including phenoxy) is 3. The van der Waals surface area contributed by atoms with Gasteiger partial charge >= 0.3 is 5.97 Å². The molecule has 1 aliphatic rings. The summed E-state index contributed by atoms with van der Waals surface area (Å²) in [5.74, 6) is 0.581. The van der Waals surface area contributed by atoms with Crippen LogP contribution in [0.5, 0.6) is 11.5 Å². The first kappa shape index (κ1) is 24.6. The van der Waals surface area contributed by atoms with Crippen LogP contribution in [0.15, 0.2) is 69.8 Å². The second-order valence-corrected chi connectivity index (χ2v) is 9.28. The molecule has 0 saturated heterocycles. The third kappa shape index (κ3) is 5.76. The maximum absolute atomic E-state index is 12.4. The predicted molar refractivity (Wildman–Crippen MR) is 138 cm³/mol. The predicted octanol–water partition coefficient (Wildman–Crippen LogP) is 7.73. The van der Waals surface area contributed by atoms with Gasteiger partial charge in [0.2, 0.25) is 5.90 Å². The van der Waals surface area contributed by atoms with Gasteiger partial charge in [-0.15, -0.1) is 0 Å². The summed E-state index contributed by atoms with van der Waals surface area (Å²) in [6.45, 7) is 2.61. The van der Waals surface area contributed by atoms with Crippen molar-refractivity contribution in [1.29, 1.82) is 0 Å². The van der Waals surface area contributed by atoms with Gasteiger partial charge in [0.15, 0.2) is 17.2 Å². The molecule has 1 aliphatic heterocycles. The van der Waals surface area contributed by atoms with Gasteiger partial charge in [0.1, 0.15) is 6.61 Å². The number of carbonyl (C=O) groups is 1. The molecule has 5 nitrogen and oxygen atoms in total. The van der Waals surface area contributed by atoms with Gasteiger partial charge < -0.3 is 14.2 Å². The van der Waals surface area contributed by atoms with Gasteiger partial charge in [0.25, 0.3) is 0 Å². The van der Waals surface area contributed by atoms with Crippen molar-refractivity contribution in [2.45, 2.75) is 13.5 Å². The third-order valence-electron chi connectivity index (χ3n) is 4.69. The third-order valence-corrected chi connectivity index (χ3v) is 6.06. The van der Waals surface area contributed by atoms with Gasteiger partial charge in [-0.05, 0) is 82.5 Å². The van der Waals surface area contributed by atoms with Gasteiger partial charge in [0.05, 0.1) is 21.7 Å². The summed E-state index contributed by atoms with van der Waals surface area (Å²) in [6.07, 6.45) is 1.60. The molecule has 0 aliphatic carbocycles. The van der Waals surface area contributed by atoms with Gasteiger partial charge in [0, 0.05) is 10.0 Å². The van der Waals surface area contributed by atoms with E-state index in [0.717, 1.165) is 5.56 Å². The molecule has 3 aromatic carbocycles. The van der Waals surface area contributed by atoms with E-state index in [-0.39, 0.29) is 11.6 Å². The molecule has 0 amide bonds. The van der Waals surface area contributed by atoms with Crippen LogP contribution in [0, 0.1) is 0 Å². The second-order valence-electron chi connectivity index (χ2n) is 7.14. The Morgan fingerprint density at radius 3 is 2.56 bits per heavy atom. The number of nitrogens with zero attached hydrogens (tertiary/aromatic N) is 1. The van der Waals surface area contributed by atoms with E-state index >= 15 is 0 Å². The average molecular weight is 582 g/mol. The quantitative estimate of drug-likeness (QED) is 0.212. The van der Waals surface area contributed by atoms with Crippen molar-refractivity contribution in [2.75, 3.05) is 6.61 Å². The number of halogens is 4. The number of hydrogen-bond acceptors (Lipinski definition) is 5. The first-order valence-corrected chi connectivity index (χ1v) is 12.1. The minimum atomic E-state index is -0.587. The number of carbonyl (C=O) groups excluding carboxylic acids is 1. The molecule has 0 bridgehead atoms. The molecule has 0 N–H and O–H groups in total. The van der Waals surface area contributed by atoms with Crippen molar-refractivity contribution >= 4 is 68.7 Å². The van der Waals surface area contributed by atoms with Gasteiger partial charge in [-0.25, -0.2) is 9.79 Å². The number of rotatable bonds is 7. The van der Waals surface area contributed by atoms with Crippen molar-refractivity contribution < 1.29 is 19.0 Å². The number of cyclic esters (lactones) is 1. The van der Waals surface area contributed by atoms with E-state index in [1.165, 1.54) is 0 Å². The molecule has 0 spiro atoms. The van der Waals surface area contributed by atoms with E-state index in [4.69, 9.17) is 49.0 Å². The SMILES string of the molecule is CCOc1cc(/C=C2\N=C(c3ccc(Cl)cc3Cl)OC2=O)cc(Br)c1OCc1cccc(Cl)c1. The highest BCUT2D eigenvalue weighted by atomic mass is 79.9. The van der Waals surface area contributed by atoms with Crippen LogP contribution >= 0.6 is 50.7 Å². The number of hydrogen-bond donors (Lipinski definition) is 0. The zero-order chi connectivity index (χ0) is 24.2. The van der Waals surface area contributed by atoms with Crippen LogP contribution in [0.25, 0.3) is 6.08 Å². The van der Waals surface area contributed by atoms with Crippen LogP contribution in [0.3, 0.4) is 0 Å². The van der Waals surface area contributed by atoms with E-state index in [2.05, 4.69) is 20.9 Å². The van der Waals surface area contributed by atoms with Crippen LogP contribution in [-0.2, 0) is 16.1 Å². The lowest BCUT2D eigenvalue weighted by Crippen LogP contribution is -2.06.